The third-order valence-corrected chi connectivity index (χ3v) is 5.31. The molecule has 0 saturated carbocycles. The molecule has 2 aliphatic rings. The number of nitrogens with zero attached hydrogens (tertiary/aromatic N) is 5. The molecule has 0 aromatic carbocycles. The molecule has 168 valence electrons. The Kier molecular flexibility index (Phi) is 5.68. The number of aromatic nitrogens is 4. The zero-order valence-electron chi connectivity index (χ0n) is 17.0. The molecule has 7 nitrogen and oxygen atoms in total. The molecule has 2 aromatic rings. The molecule has 32 heavy (non-hydrogen) atoms. The molecular weight excluding hydrogens is 430 g/mol. The van der Waals surface area contributed by atoms with Gasteiger partial charge in [0.2, 0.25) is 5.95 Å². The van der Waals surface area contributed by atoms with Crippen molar-refractivity contribution in [1.82, 2.24) is 19.5 Å². The Labute approximate surface area is 180 Å². The SMILES string of the molecule is Cc1nc(C2=CCN(c3ncn(CC4=CC=C(C(F)(F)F)C4)c(=O)n3)C[C@@H]2O)ccc1F. The number of anilines is 1. The van der Waals surface area contributed by atoms with Gasteiger partial charge in [0, 0.05) is 24.1 Å². The summed E-state index contributed by atoms with van der Waals surface area (Å²) in [5.74, 6) is -0.340. The van der Waals surface area contributed by atoms with Gasteiger partial charge in [0.1, 0.15) is 12.1 Å². The minimum atomic E-state index is -4.40. The number of alkyl halides is 3. The number of halogens is 4. The maximum atomic E-state index is 13.5. The van der Waals surface area contributed by atoms with Crippen molar-refractivity contribution in [2.75, 3.05) is 18.0 Å². The van der Waals surface area contributed by atoms with Gasteiger partial charge in [0.05, 0.1) is 30.6 Å². The van der Waals surface area contributed by atoms with Gasteiger partial charge in [-0.05, 0) is 24.6 Å². The van der Waals surface area contributed by atoms with E-state index in [-0.39, 0.29) is 37.7 Å². The molecule has 1 aliphatic carbocycles. The van der Waals surface area contributed by atoms with Crippen molar-refractivity contribution in [3.63, 3.8) is 0 Å². The molecule has 0 saturated heterocycles. The van der Waals surface area contributed by atoms with E-state index in [0.717, 1.165) is 10.6 Å². The lowest BCUT2D eigenvalue weighted by Gasteiger charge is -2.30. The lowest BCUT2D eigenvalue weighted by molar-refractivity contribution is -0.0928. The van der Waals surface area contributed by atoms with E-state index >= 15 is 0 Å². The minimum Gasteiger partial charge on any atom is -0.386 e. The number of rotatable bonds is 4. The van der Waals surface area contributed by atoms with Crippen molar-refractivity contribution in [2.24, 2.45) is 0 Å². The van der Waals surface area contributed by atoms with E-state index in [1.807, 2.05) is 0 Å². The summed E-state index contributed by atoms with van der Waals surface area (Å²) in [5.41, 5.74) is 0.340. The standard InChI is InChI=1S/C21H19F4N5O2/c1-12-16(22)4-5-17(27-12)15-6-7-29(10-18(15)31)19-26-11-30(20(32)28-19)9-13-2-3-14(8-13)21(23,24)25/h2-6,11,18,31H,7-10H2,1H3/t18-/m0/s1. The largest absolute Gasteiger partial charge is 0.413 e. The third kappa shape index (κ3) is 4.47. The van der Waals surface area contributed by atoms with Gasteiger partial charge in [-0.3, -0.25) is 9.55 Å². The molecule has 3 heterocycles. The molecule has 0 fully saturated rings. The van der Waals surface area contributed by atoms with E-state index in [9.17, 15) is 27.5 Å². The van der Waals surface area contributed by atoms with Crippen LogP contribution in [0.15, 0.2) is 52.6 Å². The first kappa shape index (κ1) is 21.9. The Hall–Kier alpha value is -3.34. The molecule has 0 amide bonds. The highest BCUT2D eigenvalue weighted by Gasteiger charge is 2.35. The van der Waals surface area contributed by atoms with Crippen LogP contribution in [0.5, 0.6) is 0 Å². The predicted molar refractivity (Wildman–Crippen MR) is 108 cm³/mol. The first-order valence-electron chi connectivity index (χ1n) is 9.77. The van der Waals surface area contributed by atoms with Crippen molar-refractivity contribution in [3.05, 3.63) is 75.5 Å². The minimum absolute atomic E-state index is 0.0442. The number of allylic oxidation sites excluding steroid dienone is 4. The predicted octanol–water partition coefficient (Wildman–Crippen LogP) is 2.56. The van der Waals surface area contributed by atoms with E-state index in [1.165, 1.54) is 31.5 Å². The third-order valence-electron chi connectivity index (χ3n) is 5.31. The van der Waals surface area contributed by atoms with E-state index in [0.29, 0.717) is 16.8 Å². The summed E-state index contributed by atoms with van der Waals surface area (Å²) in [6.07, 6.45) is -0.339. The van der Waals surface area contributed by atoms with Crippen molar-refractivity contribution in [2.45, 2.75) is 32.2 Å². The van der Waals surface area contributed by atoms with Crippen molar-refractivity contribution < 1.29 is 22.7 Å². The summed E-state index contributed by atoms with van der Waals surface area (Å²) >= 11 is 0. The highest BCUT2D eigenvalue weighted by atomic mass is 19.4. The number of aliphatic hydroxyl groups excluding tert-OH is 1. The van der Waals surface area contributed by atoms with Crippen LogP contribution < -0.4 is 10.6 Å². The normalized spacial score (nSPS) is 19.0. The van der Waals surface area contributed by atoms with Crippen LogP contribution in [0.1, 0.15) is 17.8 Å². The number of hydrogen-bond donors (Lipinski definition) is 1. The second kappa shape index (κ2) is 8.30. The van der Waals surface area contributed by atoms with Gasteiger partial charge in [-0.2, -0.15) is 18.2 Å². The number of pyridine rings is 1. The van der Waals surface area contributed by atoms with E-state index in [2.05, 4.69) is 15.0 Å². The van der Waals surface area contributed by atoms with Gasteiger partial charge < -0.3 is 10.0 Å². The van der Waals surface area contributed by atoms with Crippen LogP contribution in [0.3, 0.4) is 0 Å². The first-order valence-corrected chi connectivity index (χ1v) is 9.77. The molecule has 2 aromatic heterocycles. The molecule has 1 atom stereocenters. The topological polar surface area (TPSA) is 84.1 Å². The zero-order chi connectivity index (χ0) is 23.0. The number of aliphatic hydroxyl groups is 1. The molecule has 1 aliphatic heterocycles. The molecule has 0 unspecified atom stereocenters. The average molecular weight is 449 g/mol. The molecule has 1 N–H and O–H groups in total. The Balaban J connectivity index is 1.45. The van der Waals surface area contributed by atoms with Crippen LogP contribution in [0, 0.1) is 12.7 Å². The second-order valence-corrected chi connectivity index (χ2v) is 7.60. The van der Waals surface area contributed by atoms with Gasteiger partial charge in [0.25, 0.3) is 0 Å². The number of hydrogen-bond acceptors (Lipinski definition) is 6. The monoisotopic (exact) mass is 449 g/mol. The molecule has 4 rings (SSSR count). The number of aryl methyl sites for hydroxylation is 1. The Morgan fingerprint density at radius 3 is 2.62 bits per heavy atom. The van der Waals surface area contributed by atoms with E-state index in [1.54, 1.807) is 11.0 Å². The quantitative estimate of drug-likeness (QED) is 0.723. The van der Waals surface area contributed by atoms with Gasteiger partial charge >= 0.3 is 11.9 Å². The van der Waals surface area contributed by atoms with E-state index < -0.39 is 29.4 Å². The lowest BCUT2D eigenvalue weighted by atomic mass is 10.0. The summed E-state index contributed by atoms with van der Waals surface area (Å²) in [5, 5.41) is 10.5. The highest BCUT2D eigenvalue weighted by molar-refractivity contribution is 5.69. The zero-order valence-corrected chi connectivity index (χ0v) is 17.0. The van der Waals surface area contributed by atoms with Gasteiger partial charge in [-0.1, -0.05) is 18.2 Å². The summed E-state index contributed by atoms with van der Waals surface area (Å²) in [6.45, 7) is 1.87. The van der Waals surface area contributed by atoms with Crippen LogP contribution in [0.2, 0.25) is 0 Å². The van der Waals surface area contributed by atoms with Crippen LogP contribution in [0.4, 0.5) is 23.5 Å². The van der Waals surface area contributed by atoms with Gasteiger partial charge in [0.15, 0.2) is 0 Å². The van der Waals surface area contributed by atoms with Gasteiger partial charge in [-0.25, -0.2) is 14.2 Å². The fraction of sp³-hybridized carbons (Fsp3) is 0.333. The Morgan fingerprint density at radius 1 is 1.22 bits per heavy atom. The first-order chi connectivity index (χ1) is 15.1. The Morgan fingerprint density at radius 2 is 2.00 bits per heavy atom. The summed E-state index contributed by atoms with van der Waals surface area (Å²) in [4.78, 5) is 26.2. The van der Waals surface area contributed by atoms with Crippen LogP contribution in [-0.4, -0.2) is 50.0 Å². The van der Waals surface area contributed by atoms with Crippen molar-refractivity contribution >= 4 is 11.5 Å². The maximum absolute atomic E-state index is 13.5. The summed E-state index contributed by atoms with van der Waals surface area (Å²) in [6, 6.07) is 2.77. The number of β-amino-alcohol motifs (C(OH)–C–C–N with tert-alkyl or cyclic N) is 1. The Bertz CT molecular complexity index is 1200. The van der Waals surface area contributed by atoms with Crippen LogP contribution >= 0.6 is 0 Å². The average Bonchev–Trinajstić information content (AvgIpc) is 3.21. The van der Waals surface area contributed by atoms with E-state index in [4.69, 9.17) is 0 Å². The maximum Gasteiger partial charge on any atom is 0.413 e. The molecule has 0 bridgehead atoms. The molecule has 0 spiro atoms. The van der Waals surface area contributed by atoms with Crippen LogP contribution in [0.25, 0.3) is 5.57 Å². The fourth-order valence-electron chi connectivity index (χ4n) is 3.58. The fourth-order valence-corrected chi connectivity index (χ4v) is 3.58. The molecule has 11 heteroatoms. The molecular formula is C21H19F4N5O2. The van der Waals surface area contributed by atoms with Crippen molar-refractivity contribution in [3.8, 4) is 0 Å². The second-order valence-electron chi connectivity index (χ2n) is 7.60. The highest BCUT2D eigenvalue weighted by Crippen LogP contribution is 2.34. The van der Waals surface area contributed by atoms with Crippen molar-refractivity contribution in [1.29, 1.82) is 0 Å². The smallest absolute Gasteiger partial charge is 0.386 e. The lowest BCUT2D eigenvalue weighted by Crippen LogP contribution is -2.40. The molecule has 0 radical (unpaired) electrons. The van der Waals surface area contributed by atoms with Gasteiger partial charge in [-0.15, -0.1) is 0 Å². The summed E-state index contributed by atoms with van der Waals surface area (Å²) < 4.78 is 52.9. The van der Waals surface area contributed by atoms with Crippen LogP contribution in [-0.2, 0) is 6.54 Å². The summed E-state index contributed by atoms with van der Waals surface area (Å²) in [7, 11) is 0.